The number of hydrogen-bond donors (Lipinski definition) is 0. The summed E-state index contributed by atoms with van der Waals surface area (Å²) in [7, 11) is 5.23. The number of piperazine rings is 1. The quantitative estimate of drug-likeness (QED) is 0.641. The molecule has 0 saturated carbocycles. The number of nitrogens with zero attached hydrogens (tertiary/aromatic N) is 3. The standard InChI is InChI=1S/C23H31N3O3/c1-24(2)23(27)19-9-4-6-11-21(19)29-18-8-13-25-14-16-26(17-15-25)20-10-5-7-12-22(20)28-3/h4-7,9-12H,8,13-18H2,1-3H3. The molecule has 0 N–H and O–H groups in total. The van der Waals surface area contributed by atoms with Crippen molar-refractivity contribution in [2.75, 3.05) is 65.4 Å². The number of carbonyl (C=O) groups excluding carboxylic acids is 1. The van der Waals surface area contributed by atoms with E-state index in [0.717, 1.165) is 44.9 Å². The number of hydrogen-bond acceptors (Lipinski definition) is 5. The van der Waals surface area contributed by atoms with E-state index in [0.29, 0.717) is 17.9 Å². The summed E-state index contributed by atoms with van der Waals surface area (Å²) >= 11 is 0. The van der Waals surface area contributed by atoms with Gasteiger partial charge >= 0.3 is 0 Å². The van der Waals surface area contributed by atoms with Gasteiger partial charge in [-0.15, -0.1) is 0 Å². The predicted molar refractivity (Wildman–Crippen MR) is 116 cm³/mol. The van der Waals surface area contributed by atoms with Crippen LogP contribution in [-0.2, 0) is 0 Å². The van der Waals surface area contributed by atoms with E-state index in [1.807, 2.05) is 36.4 Å². The summed E-state index contributed by atoms with van der Waals surface area (Å²) < 4.78 is 11.4. The molecule has 6 heteroatoms. The van der Waals surface area contributed by atoms with Crippen LogP contribution in [0.2, 0.25) is 0 Å². The van der Waals surface area contributed by atoms with E-state index in [1.54, 1.807) is 26.1 Å². The summed E-state index contributed by atoms with van der Waals surface area (Å²) in [5, 5.41) is 0. The highest BCUT2D eigenvalue weighted by Gasteiger charge is 2.19. The van der Waals surface area contributed by atoms with Gasteiger partial charge in [0.2, 0.25) is 0 Å². The van der Waals surface area contributed by atoms with E-state index in [9.17, 15) is 4.79 Å². The number of carbonyl (C=O) groups is 1. The number of methoxy groups -OCH3 is 1. The number of anilines is 1. The molecule has 1 aliphatic heterocycles. The number of amides is 1. The zero-order chi connectivity index (χ0) is 20.6. The SMILES string of the molecule is COc1ccccc1N1CCN(CCCOc2ccccc2C(=O)N(C)C)CC1. The highest BCUT2D eigenvalue weighted by atomic mass is 16.5. The Morgan fingerprint density at radius 2 is 1.62 bits per heavy atom. The van der Waals surface area contributed by atoms with Gasteiger partial charge in [-0.25, -0.2) is 0 Å². The Kier molecular flexibility index (Phi) is 7.36. The van der Waals surface area contributed by atoms with Gasteiger partial charge in [-0.05, 0) is 30.7 Å². The fraction of sp³-hybridized carbons (Fsp3) is 0.435. The molecule has 2 aromatic carbocycles. The van der Waals surface area contributed by atoms with Gasteiger partial charge in [0, 0.05) is 46.8 Å². The average molecular weight is 398 g/mol. The predicted octanol–water partition coefficient (Wildman–Crippen LogP) is 2.99. The highest BCUT2D eigenvalue weighted by molar-refractivity contribution is 5.96. The molecule has 0 spiro atoms. The van der Waals surface area contributed by atoms with Gasteiger partial charge in [0.1, 0.15) is 11.5 Å². The molecule has 0 radical (unpaired) electrons. The molecule has 29 heavy (non-hydrogen) atoms. The van der Waals surface area contributed by atoms with Crippen molar-refractivity contribution in [2.24, 2.45) is 0 Å². The first-order valence-corrected chi connectivity index (χ1v) is 10.1. The first kappa shape index (κ1) is 21.0. The van der Waals surface area contributed by atoms with Crippen LogP contribution in [-0.4, -0.2) is 76.2 Å². The van der Waals surface area contributed by atoms with Gasteiger partial charge < -0.3 is 19.3 Å². The molecule has 0 unspecified atom stereocenters. The minimum absolute atomic E-state index is 0.0342. The minimum Gasteiger partial charge on any atom is -0.495 e. The van der Waals surface area contributed by atoms with Crippen molar-refractivity contribution in [3.63, 3.8) is 0 Å². The molecule has 6 nitrogen and oxygen atoms in total. The lowest BCUT2D eigenvalue weighted by Gasteiger charge is -2.36. The number of rotatable bonds is 8. The van der Waals surface area contributed by atoms with Crippen molar-refractivity contribution < 1.29 is 14.3 Å². The van der Waals surface area contributed by atoms with E-state index in [4.69, 9.17) is 9.47 Å². The molecule has 1 saturated heterocycles. The van der Waals surface area contributed by atoms with E-state index in [1.165, 1.54) is 5.69 Å². The Morgan fingerprint density at radius 3 is 2.31 bits per heavy atom. The van der Waals surface area contributed by atoms with Crippen LogP contribution in [0.25, 0.3) is 0 Å². The summed E-state index contributed by atoms with van der Waals surface area (Å²) in [6.07, 6.45) is 0.930. The van der Waals surface area contributed by atoms with E-state index in [-0.39, 0.29) is 5.91 Å². The second-order valence-electron chi connectivity index (χ2n) is 7.40. The monoisotopic (exact) mass is 397 g/mol. The molecule has 1 heterocycles. The molecule has 3 rings (SSSR count). The maximum atomic E-state index is 12.3. The molecule has 156 valence electrons. The third-order valence-electron chi connectivity index (χ3n) is 5.20. The van der Waals surface area contributed by atoms with Crippen LogP contribution >= 0.6 is 0 Å². The van der Waals surface area contributed by atoms with Crippen molar-refractivity contribution in [2.45, 2.75) is 6.42 Å². The van der Waals surface area contributed by atoms with Gasteiger partial charge in [-0.2, -0.15) is 0 Å². The average Bonchev–Trinajstić information content (AvgIpc) is 2.77. The molecule has 0 atom stereocenters. The lowest BCUT2D eigenvalue weighted by molar-refractivity contribution is 0.0823. The van der Waals surface area contributed by atoms with E-state index in [2.05, 4.69) is 21.9 Å². The van der Waals surface area contributed by atoms with Crippen LogP contribution in [0.1, 0.15) is 16.8 Å². The van der Waals surface area contributed by atoms with Crippen molar-refractivity contribution in [1.29, 1.82) is 0 Å². The van der Waals surface area contributed by atoms with Crippen LogP contribution in [0.5, 0.6) is 11.5 Å². The van der Waals surface area contributed by atoms with Crippen molar-refractivity contribution in [1.82, 2.24) is 9.80 Å². The van der Waals surface area contributed by atoms with Crippen LogP contribution in [0.15, 0.2) is 48.5 Å². The molecule has 1 aliphatic rings. The lowest BCUT2D eigenvalue weighted by Crippen LogP contribution is -2.46. The number of para-hydroxylation sites is 3. The molecular weight excluding hydrogens is 366 g/mol. The van der Waals surface area contributed by atoms with Crippen LogP contribution in [0.4, 0.5) is 5.69 Å². The van der Waals surface area contributed by atoms with Gasteiger partial charge in [0.25, 0.3) is 5.91 Å². The van der Waals surface area contributed by atoms with E-state index >= 15 is 0 Å². The van der Waals surface area contributed by atoms with Gasteiger partial charge in [0.15, 0.2) is 0 Å². The summed E-state index contributed by atoms with van der Waals surface area (Å²) in [6, 6.07) is 15.6. The van der Waals surface area contributed by atoms with Crippen LogP contribution in [0, 0.1) is 0 Å². The Balaban J connectivity index is 1.44. The summed E-state index contributed by atoms with van der Waals surface area (Å²) in [4.78, 5) is 18.7. The smallest absolute Gasteiger partial charge is 0.257 e. The summed E-state index contributed by atoms with van der Waals surface area (Å²) in [5.41, 5.74) is 1.78. The van der Waals surface area contributed by atoms with Gasteiger partial charge in [-0.1, -0.05) is 24.3 Å². The zero-order valence-electron chi connectivity index (χ0n) is 17.6. The fourth-order valence-corrected chi connectivity index (χ4v) is 3.58. The molecular formula is C23H31N3O3. The third kappa shape index (κ3) is 5.41. The van der Waals surface area contributed by atoms with Crippen molar-refractivity contribution >= 4 is 11.6 Å². The Bertz CT molecular complexity index is 801. The fourth-order valence-electron chi connectivity index (χ4n) is 3.58. The number of benzene rings is 2. The third-order valence-corrected chi connectivity index (χ3v) is 5.20. The summed E-state index contributed by atoms with van der Waals surface area (Å²) in [6.45, 7) is 5.61. The highest BCUT2D eigenvalue weighted by Crippen LogP contribution is 2.28. The van der Waals surface area contributed by atoms with E-state index < -0.39 is 0 Å². The van der Waals surface area contributed by atoms with Crippen molar-refractivity contribution in [3.05, 3.63) is 54.1 Å². The second-order valence-corrected chi connectivity index (χ2v) is 7.40. The maximum absolute atomic E-state index is 12.3. The maximum Gasteiger partial charge on any atom is 0.257 e. The van der Waals surface area contributed by atoms with Gasteiger partial charge in [0.05, 0.1) is 25.0 Å². The topological polar surface area (TPSA) is 45.3 Å². The molecule has 0 aromatic heterocycles. The zero-order valence-corrected chi connectivity index (χ0v) is 17.6. The molecule has 0 aliphatic carbocycles. The second kappa shape index (κ2) is 10.2. The van der Waals surface area contributed by atoms with Crippen LogP contribution in [0.3, 0.4) is 0 Å². The number of ether oxygens (including phenoxy) is 2. The first-order valence-electron chi connectivity index (χ1n) is 10.1. The van der Waals surface area contributed by atoms with Crippen molar-refractivity contribution in [3.8, 4) is 11.5 Å². The minimum atomic E-state index is -0.0342. The summed E-state index contributed by atoms with van der Waals surface area (Å²) in [5.74, 6) is 1.56. The normalized spacial score (nSPS) is 14.5. The molecule has 2 aromatic rings. The molecule has 0 bridgehead atoms. The Morgan fingerprint density at radius 1 is 0.966 bits per heavy atom. The van der Waals surface area contributed by atoms with Gasteiger partial charge in [-0.3, -0.25) is 9.69 Å². The molecule has 1 amide bonds. The molecule has 1 fully saturated rings. The van der Waals surface area contributed by atoms with Crippen LogP contribution < -0.4 is 14.4 Å². The lowest BCUT2D eigenvalue weighted by atomic mass is 10.2. The Labute approximate surface area is 173 Å². The largest absolute Gasteiger partial charge is 0.495 e. The first-order chi connectivity index (χ1) is 14.1. The Hall–Kier alpha value is -2.73.